The van der Waals surface area contributed by atoms with Crippen LogP contribution in [0, 0.1) is 6.92 Å². The standard InChI is InChI=1S/C11H14O2S/c1-7-6-9-8(11(12)13-2)4-3-5-10(9)14-7/h6,8H,3-5H2,1-2H3. The molecule has 0 fully saturated rings. The van der Waals surface area contributed by atoms with Crippen LogP contribution in [-0.2, 0) is 16.0 Å². The Hall–Kier alpha value is -0.830. The van der Waals surface area contributed by atoms with Gasteiger partial charge >= 0.3 is 5.97 Å². The van der Waals surface area contributed by atoms with Gasteiger partial charge in [-0.2, -0.15) is 0 Å². The van der Waals surface area contributed by atoms with Crippen LogP contribution < -0.4 is 0 Å². The van der Waals surface area contributed by atoms with Crippen molar-refractivity contribution in [1.29, 1.82) is 0 Å². The molecule has 0 saturated carbocycles. The maximum absolute atomic E-state index is 11.5. The van der Waals surface area contributed by atoms with Gasteiger partial charge in [0.05, 0.1) is 13.0 Å². The van der Waals surface area contributed by atoms with E-state index in [1.54, 1.807) is 0 Å². The Bertz CT molecular complexity index is 354. The quantitative estimate of drug-likeness (QED) is 0.666. The summed E-state index contributed by atoms with van der Waals surface area (Å²) in [6.07, 6.45) is 3.17. The average Bonchev–Trinajstić information content (AvgIpc) is 2.56. The van der Waals surface area contributed by atoms with Gasteiger partial charge < -0.3 is 4.74 Å². The molecule has 1 unspecified atom stereocenters. The van der Waals surface area contributed by atoms with Crippen molar-refractivity contribution in [3.8, 4) is 0 Å². The minimum atomic E-state index is -0.0799. The van der Waals surface area contributed by atoms with Gasteiger partial charge in [-0.3, -0.25) is 4.79 Å². The zero-order valence-electron chi connectivity index (χ0n) is 8.50. The zero-order valence-corrected chi connectivity index (χ0v) is 9.32. The highest BCUT2D eigenvalue weighted by Crippen LogP contribution is 2.37. The summed E-state index contributed by atoms with van der Waals surface area (Å²) in [7, 11) is 1.47. The van der Waals surface area contributed by atoms with Crippen molar-refractivity contribution in [3.05, 3.63) is 21.4 Å². The largest absolute Gasteiger partial charge is 0.469 e. The van der Waals surface area contributed by atoms with Gasteiger partial charge in [-0.25, -0.2) is 0 Å². The molecular weight excluding hydrogens is 196 g/mol. The van der Waals surface area contributed by atoms with Crippen molar-refractivity contribution in [3.63, 3.8) is 0 Å². The van der Waals surface area contributed by atoms with Gasteiger partial charge in [-0.05, 0) is 37.8 Å². The first-order chi connectivity index (χ1) is 6.72. The molecule has 0 spiro atoms. The number of carbonyl (C=O) groups is 1. The molecule has 1 heterocycles. The van der Waals surface area contributed by atoms with Crippen LogP contribution in [0.4, 0.5) is 0 Å². The molecule has 1 atom stereocenters. The normalized spacial score (nSPS) is 20.3. The molecule has 3 heteroatoms. The summed E-state index contributed by atoms with van der Waals surface area (Å²) in [5.74, 6) is -0.0857. The number of carbonyl (C=O) groups excluding carboxylic acids is 1. The number of fused-ring (bicyclic) bond motifs is 1. The molecule has 2 rings (SSSR count). The smallest absolute Gasteiger partial charge is 0.313 e. The van der Waals surface area contributed by atoms with E-state index < -0.39 is 0 Å². The molecule has 0 bridgehead atoms. The molecule has 0 amide bonds. The van der Waals surface area contributed by atoms with Gasteiger partial charge in [-0.15, -0.1) is 11.3 Å². The molecule has 0 radical (unpaired) electrons. The number of thiophene rings is 1. The van der Waals surface area contributed by atoms with Crippen molar-refractivity contribution in [2.24, 2.45) is 0 Å². The maximum Gasteiger partial charge on any atom is 0.313 e. The van der Waals surface area contributed by atoms with Gasteiger partial charge in [0.15, 0.2) is 0 Å². The molecule has 0 aromatic carbocycles. The molecule has 2 nitrogen and oxygen atoms in total. The third kappa shape index (κ3) is 1.57. The van der Waals surface area contributed by atoms with Crippen LogP contribution in [0.15, 0.2) is 6.07 Å². The Balaban J connectivity index is 2.34. The van der Waals surface area contributed by atoms with E-state index in [-0.39, 0.29) is 11.9 Å². The van der Waals surface area contributed by atoms with E-state index in [2.05, 4.69) is 13.0 Å². The third-order valence-electron chi connectivity index (χ3n) is 2.72. The molecule has 0 saturated heterocycles. The van der Waals surface area contributed by atoms with Crippen LogP contribution in [0.1, 0.15) is 34.1 Å². The van der Waals surface area contributed by atoms with Gasteiger partial charge in [-0.1, -0.05) is 0 Å². The summed E-state index contributed by atoms with van der Waals surface area (Å²) in [6, 6.07) is 2.14. The fraction of sp³-hybridized carbons (Fsp3) is 0.545. The van der Waals surface area contributed by atoms with Crippen LogP contribution in [0.2, 0.25) is 0 Å². The Labute approximate surface area is 87.9 Å². The summed E-state index contributed by atoms with van der Waals surface area (Å²) < 4.78 is 4.82. The van der Waals surface area contributed by atoms with Crippen molar-refractivity contribution >= 4 is 17.3 Å². The molecule has 14 heavy (non-hydrogen) atoms. The predicted octanol–water partition coefficient (Wildman–Crippen LogP) is 2.65. The first-order valence-electron chi connectivity index (χ1n) is 4.89. The van der Waals surface area contributed by atoms with Gasteiger partial charge in [0.1, 0.15) is 0 Å². The molecule has 0 N–H and O–H groups in total. The highest BCUT2D eigenvalue weighted by Gasteiger charge is 2.28. The molecular formula is C11H14O2S. The van der Waals surface area contributed by atoms with Crippen LogP contribution in [0.5, 0.6) is 0 Å². The Morgan fingerprint density at radius 1 is 1.64 bits per heavy atom. The number of esters is 1. The minimum absolute atomic E-state index is 0.00583. The van der Waals surface area contributed by atoms with E-state index in [0.717, 1.165) is 19.3 Å². The minimum Gasteiger partial charge on any atom is -0.469 e. The lowest BCUT2D eigenvalue weighted by atomic mass is 9.88. The lowest BCUT2D eigenvalue weighted by Crippen LogP contribution is -2.18. The van der Waals surface area contributed by atoms with Crippen LogP contribution >= 0.6 is 11.3 Å². The van der Waals surface area contributed by atoms with E-state index in [4.69, 9.17) is 4.74 Å². The number of hydrogen-bond acceptors (Lipinski definition) is 3. The van der Waals surface area contributed by atoms with Crippen molar-refractivity contribution in [2.75, 3.05) is 7.11 Å². The highest BCUT2D eigenvalue weighted by molar-refractivity contribution is 7.12. The summed E-state index contributed by atoms with van der Waals surface area (Å²) in [5.41, 5.74) is 1.21. The van der Waals surface area contributed by atoms with Gasteiger partial charge in [0, 0.05) is 9.75 Å². The number of ether oxygens (including phenoxy) is 1. The lowest BCUT2D eigenvalue weighted by molar-refractivity contribution is -0.142. The highest BCUT2D eigenvalue weighted by atomic mass is 32.1. The molecule has 1 aromatic rings. The SMILES string of the molecule is COC(=O)C1CCCc2sc(C)cc21. The molecule has 1 aliphatic carbocycles. The monoisotopic (exact) mass is 210 g/mol. The maximum atomic E-state index is 11.5. The predicted molar refractivity (Wildman–Crippen MR) is 56.8 cm³/mol. The summed E-state index contributed by atoms with van der Waals surface area (Å²) in [4.78, 5) is 14.2. The lowest BCUT2D eigenvalue weighted by Gasteiger charge is -2.19. The Morgan fingerprint density at radius 2 is 2.43 bits per heavy atom. The van der Waals surface area contributed by atoms with Crippen molar-refractivity contribution < 1.29 is 9.53 Å². The number of methoxy groups -OCH3 is 1. The van der Waals surface area contributed by atoms with Crippen LogP contribution in [0.25, 0.3) is 0 Å². The van der Waals surface area contributed by atoms with Gasteiger partial charge in [0.2, 0.25) is 0 Å². The van der Waals surface area contributed by atoms with E-state index in [9.17, 15) is 4.79 Å². The molecule has 1 aromatic heterocycles. The van der Waals surface area contributed by atoms with Crippen LogP contribution in [0.3, 0.4) is 0 Å². The second-order valence-corrected chi connectivity index (χ2v) is 5.04. The van der Waals surface area contributed by atoms with E-state index in [1.165, 1.54) is 22.4 Å². The van der Waals surface area contributed by atoms with E-state index in [0.29, 0.717) is 0 Å². The number of hydrogen-bond donors (Lipinski definition) is 0. The Kier molecular flexibility index (Phi) is 2.59. The summed E-state index contributed by atoms with van der Waals surface area (Å²) >= 11 is 1.81. The van der Waals surface area contributed by atoms with Crippen LogP contribution in [-0.4, -0.2) is 13.1 Å². The first-order valence-corrected chi connectivity index (χ1v) is 5.71. The fourth-order valence-electron chi connectivity index (χ4n) is 2.08. The average molecular weight is 210 g/mol. The molecule has 1 aliphatic rings. The second-order valence-electron chi connectivity index (χ2n) is 3.70. The second kappa shape index (κ2) is 3.73. The topological polar surface area (TPSA) is 26.3 Å². The summed E-state index contributed by atoms with van der Waals surface area (Å²) in [5, 5.41) is 0. The Morgan fingerprint density at radius 3 is 3.14 bits per heavy atom. The molecule has 0 aliphatic heterocycles. The first kappa shape index (κ1) is 9.71. The summed E-state index contributed by atoms with van der Waals surface area (Å²) in [6.45, 7) is 2.09. The fourth-order valence-corrected chi connectivity index (χ4v) is 3.22. The molecule has 76 valence electrons. The number of rotatable bonds is 1. The number of aryl methyl sites for hydroxylation is 2. The zero-order chi connectivity index (χ0) is 10.1. The van der Waals surface area contributed by atoms with E-state index in [1.807, 2.05) is 11.3 Å². The van der Waals surface area contributed by atoms with Gasteiger partial charge in [0.25, 0.3) is 0 Å². The van der Waals surface area contributed by atoms with Crippen molar-refractivity contribution in [2.45, 2.75) is 32.1 Å². The third-order valence-corrected chi connectivity index (χ3v) is 3.85. The van der Waals surface area contributed by atoms with E-state index >= 15 is 0 Å². The van der Waals surface area contributed by atoms with Crippen molar-refractivity contribution in [1.82, 2.24) is 0 Å².